The summed E-state index contributed by atoms with van der Waals surface area (Å²) < 4.78 is 5.09. The average Bonchev–Trinajstić information content (AvgIpc) is 2.60. The Bertz CT molecular complexity index is 381. The predicted octanol–water partition coefficient (Wildman–Crippen LogP) is 2.56. The smallest absolute Gasteiger partial charge is 0.414 e. The van der Waals surface area contributed by atoms with Gasteiger partial charge in [0.05, 0.1) is 18.1 Å². The Morgan fingerprint density at radius 1 is 1.53 bits per heavy atom. The van der Waals surface area contributed by atoms with Crippen LogP contribution < -0.4 is 4.90 Å². The van der Waals surface area contributed by atoms with Crippen LogP contribution in [0.5, 0.6) is 0 Å². The second-order valence-electron chi connectivity index (χ2n) is 3.56. The van der Waals surface area contributed by atoms with Crippen molar-refractivity contribution in [3.05, 3.63) is 29.8 Å². The Balaban J connectivity index is 2.25. The highest BCUT2D eigenvalue weighted by atomic mass is 35.5. The minimum absolute atomic E-state index is 0.196. The van der Waals surface area contributed by atoms with Crippen molar-refractivity contribution >= 4 is 23.4 Å². The van der Waals surface area contributed by atoms with Crippen LogP contribution in [0.2, 0.25) is 0 Å². The first-order chi connectivity index (χ1) is 7.22. The fraction of sp³-hybridized carbons (Fsp3) is 0.364. The molecule has 2 rings (SSSR count). The van der Waals surface area contributed by atoms with Gasteiger partial charge in [-0.3, -0.25) is 4.90 Å². The van der Waals surface area contributed by atoms with Gasteiger partial charge in [-0.15, -0.1) is 11.6 Å². The SMILES string of the molecule is Cc1ccccc1N1CC(CCl)OC1=O. The molecule has 0 bridgehead atoms. The number of benzene rings is 1. The van der Waals surface area contributed by atoms with Crippen LogP contribution in [0.25, 0.3) is 0 Å². The average molecular weight is 226 g/mol. The van der Waals surface area contributed by atoms with Crippen molar-refractivity contribution in [3.8, 4) is 0 Å². The Labute approximate surface area is 93.6 Å². The van der Waals surface area contributed by atoms with Crippen LogP contribution in [0.15, 0.2) is 24.3 Å². The molecule has 0 N–H and O–H groups in total. The summed E-state index contributed by atoms with van der Waals surface area (Å²) in [7, 11) is 0. The zero-order valence-corrected chi connectivity index (χ0v) is 9.20. The number of alkyl halides is 1. The molecule has 3 nitrogen and oxygen atoms in total. The maximum Gasteiger partial charge on any atom is 0.414 e. The Kier molecular flexibility index (Phi) is 2.82. The van der Waals surface area contributed by atoms with Gasteiger partial charge in [0.15, 0.2) is 0 Å². The van der Waals surface area contributed by atoms with Gasteiger partial charge < -0.3 is 4.74 Å². The monoisotopic (exact) mass is 225 g/mol. The largest absolute Gasteiger partial charge is 0.443 e. The highest BCUT2D eigenvalue weighted by Crippen LogP contribution is 2.24. The normalized spacial score (nSPS) is 20.5. The van der Waals surface area contributed by atoms with E-state index < -0.39 is 0 Å². The molecule has 1 aromatic carbocycles. The highest BCUT2D eigenvalue weighted by Gasteiger charge is 2.32. The maximum atomic E-state index is 11.5. The number of nitrogens with zero attached hydrogens (tertiary/aromatic N) is 1. The third-order valence-corrected chi connectivity index (χ3v) is 2.80. The minimum Gasteiger partial charge on any atom is -0.443 e. The van der Waals surface area contributed by atoms with Crippen LogP contribution in [0.3, 0.4) is 0 Å². The Hall–Kier alpha value is -1.22. The van der Waals surface area contributed by atoms with Crippen molar-refractivity contribution < 1.29 is 9.53 Å². The van der Waals surface area contributed by atoms with Gasteiger partial charge in [0.25, 0.3) is 0 Å². The van der Waals surface area contributed by atoms with E-state index in [9.17, 15) is 4.79 Å². The zero-order chi connectivity index (χ0) is 10.8. The van der Waals surface area contributed by atoms with Gasteiger partial charge in [0.1, 0.15) is 6.10 Å². The lowest BCUT2D eigenvalue weighted by Gasteiger charge is -2.15. The summed E-state index contributed by atoms with van der Waals surface area (Å²) in [4.78, 5) is 13.2. The molecule has 0 spiro atoms. The topological polar surface area (TPSA) is 29.5 Å². The van der Waals surface area contributed by atoms with Crippen molar-refractivity contribution in [2.75, 3.05) is 17.3 Å². The van der Waals surface area contributed by atoms with Crippen molar-refractivity contribution in [2.24, 2.45) is 0 Å². The first-order valence-corrected chi connectivity index (χ1v) is 5.35. The molecule has 0 radical (unpaired) electrons. The van der Waals surface area contributed by atoms with Crippen LogP contribution >= 0.6 is 11.6 Å². The lowest BCUT2D eigenvalue weighted by molar-refractivity contribution is 0.151. The number of amides is 1. The van der Waals surface area contributed by atoms with Crippen molar-refractivity contribution in [1.82, 2.24) is 0 Å². The molecule has 1 atom stereocenters. The van der Waals surface area contributed by atoms with E-state index in [0.29, 0.717) is 12.4 Å². The number of carbonyl (C=O) groups excluding carboxylic acids is 1. The minimum atomic E-state index is -0.310. The predicted molar refractivity (Wildman–Crippen MR) is 59.5 cm³/mol. The third kappa shape index (κ3) is 1.92. The highest BCUT2D eigenvalue weighted by molar-refractivity contribution is 6.18. The van der Waals surface area contributed by atoms with Crippen LogP contribution in [-0.2, 0) is 4.74 Å². The molecule has 80 valence electrons. The summed E-state index contributed by atoms with van der Waals surface area (Å²) in [5, 5.41) is 0. The van der Waals surface area contributed by atoms with Crippen molar-refractivity contribution in [2.45, 2.75) is 13.0 Å². The number of cyclic esters (lactones) is 1. The van der Waals surface area contributed by atoms with Gasteiger partial charge in [-0.25, -0.2) is 4.79 Å². The molecule has 1 aromatic rings. The van der Waals surface area contributed by atoms with Crippen LogP contribution in [-0.4, -0.2) is 24.6 Å². The van der Waals surface area contributed by atoms with E-state index >= 15 is 0 Å². The number of carbonyl (C=O) groups is 1. The molecule has 0 aromatic heterocycles. The van der Waals surface area contributed by atoms with Crippen molar-refractivity contribution in [3.63, 3.8) is 0 Å². The summed E-state index contributed by atoms with van der Waals surface area (Å²) in [5.74, 6) is 0.341. The summed E-state index contributed by atoms with van der Waals surface area (Å²) >= 11 is 5.66. The molecule has 1 heterocycles. The second-order valence-corrected chi connectivity index (χ2v) is 3.87. The Morgan fingerprint density at radius 3 is 2.87 bits per heavy atom. The van der Waals surface area contributed by atoms with E-state index in [1.165, 1.54) is 0 Å². The number of aryl methyl sites for hydroxylation is 1. The lowest BCUT2D eigenvalue weighted by Crippen LogP contribution is -2.25. The first kappa shape index (κ1) is 10.3. The van der Waals surface area contributed by atoms with Gasteiger partial charge in [0.2, 0.25) is 0 Å². The van der Waals surface area contributed by atoms with E-state index in [-0.39, 0.29) is 12.2 Å². The number of hydrogen-bond acceptors (Lipinski definition) is 2. The van der Waals surface area contributed by atoms with E-state index in [4.69, 9.17) is 16.3 Å². The quantitative estimate of drug-likeness (QED) is 0.724. The molecule has 0 aliphatic carbocycles. The van der Waals surface area contributed by atoms with E-state index in [1.807, 2.05) is 31.2 Å². The second kappa shape index (κ2) is 4.11. The van der Waals surface area contributed by atoms with Gasteiger partial charge in [-0.1, -0.05) is 18.2 Å². The number of ether oxygens (including phenoxy) is 1. The van der Waals surface area contributed by atoms with E-state index in [0.717, 1.165) is 11.3 Å². The Morgan fingerprint density at radius 2 is 2.27 bits per heavy atom. The standard InChI is InChI=1S/C11H12ClNO2/c1-8-4-2-3-5-10(8)13-7-9(6-12)15-11(13)14/h2-5,9H,6-7H2,1H3. The molecule has 1 aliphatic rings. The third-order valence-electron chi connectivity index (χ3n) is 2.45. The van der Waals surface area contributed by atoms with Crippen LogP contribution in [0.1, 0.15) is 5.56 Å². The molecule has 1 unspecified atom stereocenters. The number of anilines is 1. The zero-order valence-electron chi connectivity index (χ0n) is 8.44. The van der Waals surface area contributed by atoms with Gasteiger partial charge in [-0.05, 0) is 18.6 Å². The fourth-order valence-corrected chi connectivity index (χ4v) is 1.83. The maximum absolute atomic E-state index is 11.5. The summed E-state index contributed by atoms with van der Waals surface area (Å²) in [6, 6.07) is 7.73. The molecule has 1 saturated heterocycles. The summed E-state index contributed by atoms with van der Waals surface area (Å²) in [6.07, 6.45) is -0.506. The first-order valence-electron chi connectivity index (χ1n) is 4.82. The van der Waals surface area contributed by atoms with Gasteiger partial charge in [0, 0.05) is 0 Å². The van der Waals surface area contributed by atoms with Crippen molar-refractivity contribution in [1.29, 1.82) is 0 Å². The van der Waals surface area contributed by atoms with E-state index in [2.05, 4.69) is 0 Å². The molecule has 1 amide bonds. The molecule has 15 heavy (non-hydrogen) atoms. The number of para-hydroxylation sites is 1. The molecule has 1 fully saturated rings. The summed E-state index contributed by atoms with van der Waals surface area (Å²) in [5.41, 5.74) is 1.96. The molecular weight excluding hydrogens is 214 g/mol. The number of rotatable bonds is 2. The molecule has 0 saturated carbocycles. The number of halogens is 1. The number of hydrogen-bond donors (Lipinski definition) is 0. The van der Waals surface area contributed by atoms with Crippen LogP contribution in [0, 0.1) is 6.92 Å². The molecule has 4 heteroatoms. The fourth-order valence-electron chi connectivity index (χ4n) is 1.66. The molecular formula is C11H12ClNO2. The summed E-state index contributed by atoms with van der Waals surface area (Å²) in [6.45, 7) is 2.50. The van der Waals surface area contributed by atoms with E-state index in [1.54, 1.807) is 4.90 Å². The van der Waals surface area contributed by atoms with Crippen LogP contribution in [0.4, 0.5) is 10.5 Å². The molecule has 1 aliphatic heterocycles. The van der Waals surface area contributed by atoms with Gasteiger partial charge in [-0.2, -0.15) is 0 Å². The lowest BCUT2D eigenvalue weighted by atomic mass is 10.2. The van der Waals surface area contributed by atoms with Gasteiger partial charge >= 0.3 is 6.09 Å².